The molecular formula is C11H14N2O3. The van der Waals surface area contributed by atoms with Crippen LogP contribution in [0.15, 0.2) is 30.3 Å². The van der Waals surface area contributed by atoms with Gasteiger partial charge < -0.3 is 9.84 Å². The van der Waals surface area contributed by atoms with Crippen LogP contribution in [0.1, 0.15) is 12.0 Å². The van der Waals surface area contributed by atoms with Gasteiger partial charge in [0.2, 0.25) is 0 Å². The Kier molecular flexibility index (Phi) is 3.51. The smallest absolute Gasteiger partial charge is 0.322 e. The number of aliphatic carboxylic acids is 1. The Labute approximate surface area is 93.4 Å². The molecule has 0 saturated carbocycles. The number of hydrogen-bond donors (Lipinski definition) is 3. The molecule has 0 spiro atoms. The molecule has 1 aromatic rings. The molecule has 1 saturated heterocycles. The van der Waals surface area contributed by atoms with Crippen molar-refractivity contribution >= 4 is 5.97 Å². The van der Waals surface area contributed by atoms with Gasteiger partial charge in [0.1, 0.15) is 12.3 Å². The number of nitrogens with one attached hydrogen (secondary N) is 2. The maximum Gasteiger partial charge on any atom is 0.322 e. The summed E-state index contributed by atoms with van der Waals surface area (Å²) in [5.41, 5.74) is 6.55. The standard InChI is InChI=1S/C11H14N2O3/c14-11(15)9-6-10(13-12-9)16-7-8-4-2-1-3-5-8/h1-5,9-10,12-13H,6-7H2,(H,14,15). The molecule has 2 atom stereocenters. The first-order valence-electron chi connectivity index (χ1n) is 5.15. The summed E-state index contributed by atoms with van der Waals surface area (Å²) in [7, 11) is 0. The van der Waals surface area contributed by atoms with Crippen molar-refractivity contribution in [3.05, 3.63) is 35.9 Å². The molecule has 1 aliphatic rings. The van der Waals surface area contributed by atoms with Crippen molar-refractivity contribution in [1.29, 1.82) is 0 Å². The second-order valence-electron chi connectivity index (χ2n) is 3.70. The van der Waals surface area contributed by atoms with Crippen LogP contribution in [-0.2, 0) is 16.1 Å². The van der Waals surface area contributed by atoms with Crippen molar-refractivity contribution < 1.29 is 14.6 Å². The maximum atomic E-state index is 10.7. The molecule has 3 N–H and O–H groups in total. The van der Waals surface area contributed by atoms with E-state index in [0.717, 1.165) is 5.56 Å². The Balaban J connectivity index is 1.78. The number of benzene rings is 1. The van der Waals surface area contributed by atoms with E-state index in [1.165, 1.54) is 0 Å². The lowest BCUT2D eigenvalue weighted by molar-refractivity contribution is -0.139. The predicted molar refractivity (Wildman–Crippen MR) is 57.3 cm³/mol. The molecule has 5 nitrogen and oxygen atoms in total. The fraction of sp³-hybridized carbons (Fsp3) is 0.364. The fourth-order valence-electron chi connectivity index (χ4n) is 1.57. The lowest BCUT2D eigenvalue weighted by atomic mass is 10.2. The molecule has 0 bridgehead atoms. The van der Waals surface area contributed by atoms with E-state index in [1.54, 1.807) is 0 Å². The van der Waals surface area contributed by atoms with Gasteiger partial charge in [-0.15, -0.1) is 0 Å². The summed E-state index contributed by atoms with van der Waals surface area (Å²) in [6, 6.07) is 9.20. The molecule has 1 fully saturated rings. The molecule has 1 aromatic carbocycles. The Morgan fingerprint density at radius 3 is 2.75 bits per heavy atom. The zero-order valence-corrected chi connectivity index (χ0v) is 8.72. The number of carboxylic acids is 1. The highest BCUT2D eigenvalue weighted by molar-refractivity contribution is 5.73. The second kappa shape index (κ2) is 5.07. The van der Waals surface area contributed by atoms with E-state index in [-0.39, 0.29) is 6.23 Å². The van der Waals surface area contributed by atoms with Gasteiger partial charge in [-0.25, -0.2) is 10.9 Å². The van der Waals surface area contributed by atoms with Crippen LogP contribution >= 0.6 is 0 Å². The van der Waals surface area contributed by atoms with E-state index in [2.05, 4.69) is 10.9 Å². The number of carboxylic acid groups (broad SMARTS) is 1. The third kappa shape index (κ3) is 2.79. The molecule has 1 aliphatic heterocycles. The number of hydrogen-bond acceptors (Lipinski definition) is 4. The normalized spacial score (nSPS) is 24.5. The predicted octanol–water partition coefficient (Wildman–Crippen LogP) is 0.480. The first-order chi connectivity index (χ1) is 7.75. The van der Waals surface area contributed by atoms with Crippen LogP contribution in [0.5, 0.6) is 0 Å². The summed E-state index contributed by atoms with van der Waals surface area (Å²) < 4.78 is 5.53. The van der Waals surface area contributed by atoms with Crippen LogP contribution in [-0.4, -0.2) is 23.3 Å². The summed E-state index contributed by atoms with van der Waals surface area (Å²) in [6.45, 7) is 0.479. The highest BCUT2D eigenvalue weighted by Crippen LogP contribution is 2.09. The highest BCUT2D eigenvalue weighted by atomic mass is 16.5. The first kappa shape index (κ1) is 11.1. The highest BCUT2D eigenvalue weighted by Gasteiger charge is 2.29. The zero-order valence-electron chi connectivity index (χ0n) is 8.72. The van der Waals surface area contributed by atoms with Crippen LogP contribution in [0.4, 0.5) is 0 Å². The molecule has 5 heteroatoms. The number of hydrazine groups is 1. The Morgan fingerprint density at radius 2 is 2.12 bits per heavy atom. The van der Waals surface area contributed by atoms with Gasteiger partial charge in [0.25, 0.3) is 0 Å². The first-order valence-corrected chi connectivity index (χ1v) is 5.15. The van der Waals surface area contributed by atoms with E-state index < -0.39 is 12.0 Å². The largest absolute Gasteiger partial charge is 0.480 e. The van der Waals surface area contributed by atoms with Crippen molar-refractivity contribution in [3.63, 3.8) is 0 Å². The molecule has 0 amide bonds. The van der Waals surface area contributed by atoms with Crippen molar-refractivity contribution in [2.45, 2.75) is 25.3 Å². The van der Waals surface area contributed by atoms with E-state index >= 15 is 0 Å². The monoisotopic (exact) mass is 222 g/mol. The van der Waals surface area contributed by atoms with E-state index in [4.69, 9.17) is 9.84 Å². The lowest BCUT2D eigenvalue weighted by Gasteiger charge is -2.10. The lowest BCUT2D eigenvalue weighted by Crippen LogP contribution is -2.37. The summed E-state index contributed by atoms with van der Waals surface area (Å²) in [6.07, 6.45) is 0.184. The van der Waals surface area contributed by atoms with E-state index in [9.17, 15) is 4.79 Å². The topological polar surface area (TPSA) is 70.6 Å². The van der Waals surface area contributed by atoms with Gasteiger partial charge in [-0.2, -0.15) is 0 Å². The minimum absolute atomic E-state index is 0.249. The van der Waals surface area contributed by atoms with Gasteiger partial charge in [0, 0.05) is 6.42 Å². The molecule has 86 valence electrons. The van der Waals surface area contributed by atoms with Crippen LogP contribution in [0.3, 0.4) is 0 Å². The van der Waals surface area contributed by atoms with Gasteiger partial charge in [0.15, 0.2) is 0 Å². The summed E-state index contributed by atoms with van der Waals surface area (Å²) in [4.78, 5) is 10.7. The van der Waals surface area contributed by atoms with Crippen LogP contribution in [0.2, 0.25) is 0 Å². The zero-order chi connectivity index (χ0) is 11.4. The number of carbonyl (C=O) groups is 1. The van der Waals surface area contributed by atoms with Crippen molar-refractivity contribution in [2.75, 3.05) is 0 Å². The Morgan fingerprint density at radius 1 is 1.38 bits per heavy atom. The third-order valence-electron chi connectivity index (χ3n) is 2.46. The minimum atomic E-state index is -0.863. The average Bonchev–Trinajstić information content (AvgIpc) is 2.76. The van der Waals surface area contributed by atoms with Crippen molar-refractivity contribution in [1.82, 2.24) is 10.9 Å². The van der Waals surface area contributed by atoms with Crippen LogP contribution < -0.4 is 10.9 Å². The van der Waals surface area contributed by atoms with Crippen LogP contribution in [0, 0.1) is 0 Å². The Hall–Kier alpha value is -1.43. The molecule has 0 aliphatic carbocycles. The number of ether oxygens (including phenoxy) is 1. The van der Waals surface area contributed by atoms with Crippen molar-refractivity contribution in [3.8, 4) is 0 Å². The Bertz CT molecular complexity index is 356. The van der Waals surface area contributed by atoms with Gasteiger partial charge in [0.05, 0.1) is 6.61 Å². The molecule has 2 unspecified atom stereocenters. The molecule has 0 radical (unpaired) electrons. The van der Waals surface area contributed by atoms with Gasteiger partial charge in [-0.3, -0.25) is 4.79 Å². The average molecular weight is 222 g/mol. The minimum Gasteiger partial charge on any atom is -0.480 e. The van der Waals surface area contributed by atoms with Crippen molar-refractivity contribution in [2.24, 2.45) is 0 Å². The van der Waals surface area contributed by atoms with Gasteiger partial charge in [-0.1, -0.05) is 30.3 Å². The number of rotatable bonds is 4. The van der Waals surface area contributed by atoms with E-state index in [0.29, 0.717) is 13.0 Å². The molecule has 1 heterocycles. The summed E-state index contributed by atoms with van der Waals surface area (Å²) in [5.74, 6) is -0.863. The molecule has 2 rings (SSSR count). The van der Waals surface area contributed by atoms with E-state index in [1.807, 2.05) is 30.3 Å². The maximum absolute atomic E-state index is 10.7. The third-order valence-corrected chi connectivity index (χ3v) is 2.46. The molecule has 0 aromatic heterocycles. The van der Waals surface area contributed by atoms with Gasteiger partial charge >= 0.3 is 5.97 Å². The summed E-state index contributed by atoms with van der Waals surface area (Å²) >= 11 is 0. The van der Waals surface area contributed by atoms with Crippen LogP contribution in [0.25, 0.3) is 0 Å². The quantitative estimate of drug-likeness (QED) is 0.691. The SMILES string of the molecule is O=C(O)C1CC(OCc2ccccc2)NN1. The van der Waals surface area contributed by atoms with Gasteiger partial charge in [-0.05, 0) is 5.56 Å². The second-order valence-corrected chi connectivity index (χ2v) is 3.70. The summed E-state index contributed by atoms with van der Waals surface area (Å²) in [5, 5.41) is 8.76. The molecule has 16 heavy (non-hydrogen) atoms. The fourth-order valence-corrected chi connectivity index (χ4v) is 1.57. The molecular weight excluding hydrogens is 208 g/mol.